The van der Waals surface area contributed by atoms with E-state index in [-0.39, 0.29) is 0 Å². The van der Waals surface area contributed by atoms with Crippen LogP contribution in [0.2, 0.25) is 0 Å². The number of hydrogen-bond acceptors (Lipinski definition) is 2. The molecular weight excluding hydrogens is 236 g/mol. The molecule has 0 atom stereocenters. The molecule has 0 radical (unpaired) electrons. The van der Waals surface area contributed by atoms with Crippen LogP contribution in [0.3, 0.4) is 0 Å². The molecule has 0 fully saturated rings. The van der Waals surface area contributed by atoms with Crippen molar-refractivity contribution in [2.45, 2.75) is 26.4 Å². The molecule has 0 amide bonds. The molecule has 3 rings (SSSR count). The van der Waals surface area contributed by atoms with E-state index in [4.69, 9.17) is 0 Å². The number of anilines is 1. The minimum Gasteiger partial charge on any atom is -0.366 e. The Morgan fingerprint density at radius 3 is 3.00 bits per heavy atom. The van der Waals surface area contributed by atoms with Gasteiger partial charge in [0.25, 0.3) is 0 Å². The molecule has 0 aliphatic rings. The van der Waals surface area contributed by atoms with Crippen molar-refractivity contribution in [2.24, 2.45) is 0 Å². The van der Waals surface area contributed by atoms with Gasteiger partial charge in [0.1, 0.15) is 5.82 Å². The summed E-state index contributed by atoms with van der Waals surface area (Å²) in [6.07, 6.45) is 3.81. The topological polar surface area (TPSA) is 45.6 Å². The second kappa shape index (κ2) is 4.80. The van der Waals surface area contributed by atoms with E-state index in [2.05, 4.69) is 53.5 Å². The standard InChI is InChI=1S/C15H18N4/c1-11(2)19-15(7-9-18-19)17-10-12-4-3-5-14-13(12)6-8-16-14/h3-9,11,16-17H,10H2,1-2H3. The lowest BCUT2D eigenvalue weighted by Crippen LogP contribution is -2.09. The zero-order valence-electron chi connectivity index (χ0n) is 11.2. The van der Waals surface area contributed by atoms with E-state index >= 15 is 0 Å². The number of fused-ring (bicyclic) bond motifs is 1. The third kappa shape index (κ3) is 2.21. The molecule has 4 nitrogen and oxygen atoms in total. The van der Waals surface area contributed by atoms with Crippen molar-refractivity contribution in [2.75, 3.05) is 5.32 Å². The Bertz CT molecular complexity index is 678. The highest BCUT2D eigenvalue weighted by Crippen LogP contribution is 2.19. The summed E-state index contributed by atoms with van der Waals surface area (Å²) in [5, 5.41) is 9.06. The number of nitrogens with zero attached hydrogens (tertiary/aromatic N) is 2. The van der Waals surface area contributed by atoms with Gasteiger partial charge in [-0.25, -0.2) is 4.68 Å². The number of aromatic nitrogens is 3. The molecule has 4 heteroatoms. The van der Waals surface area contributed by atoms with E-state index in [1.54, 1.807) is 0 Å². The minimum absolute atomic E-state index is 0.362. The van der Waals surface area contributed by atoms with Crippen molar-refractivity contribution in [3.63, 3.8) is 0 Å². The van der Waals surface area contributed by atoms with Gasteiger partial charge in [-0.15, -0.1) is 0 Å². The quantitative estimate of drug-likeness (QED) is 0.747. The Balaban J connectivity index is 1.82. The molecule has 2 heterocycles. The molecule has 0 unspecified atom stereocenters. The van der Waals surface area contributed by atoms with Crippen LogP contribution in [-0.2, 0) is 6.54 Å². The maximum absolute atomic E-state index is 4.33. The Morgan fingerprint density at radius 2 is 2.16 bits per heavy atom. The Hall–Kier alpha value is -2.23. The molecule has 0 saturated carbocycles. The summed E-state index contributed by atoms with van der Waals surface area (Å²) in [5.41, 5.74) is 2.46. The molecular formula is C15H18N4. The van der Waals surface area contributed by atoms with Gasteiger partial charge in [-0.05, 0) is 31.5 Å². The van der Waals surface area contributed by atoms with Crippen LogP contribution in [0.4, 0.5) is 5.82 Å². The normalized spacial score (nSPS) is 11.3. The first kappa shape index (κ1) is 11.8. The molecule has 0 bridgehead atoms. The van der Waals surface area contributed by atoms with Gasteiger partial charge in [-0.1, -0.05) is 12.1 Å². The maximum Gasteiger partial charge on any atom is 0.124 e. The van der Waals surface area contributed by atoms with Gasteiger partial charge >= 0.3 is 0 Å². The number of aromatic amines is 1. The Morgan fingerprint density at radius 1 is 1.26 bits per heavy atom. The average molecular weight is 254 g/mol. The van der Waals surface area contributed by atoms with Crippen LogP contribution in [0.25, 0.3) is 10.9 Å². The van der Waals surface area contributed by atoms with Gasteiger partial charge in [0, 0.05) is 35.8 Å². The summed E-state index contributed by atoms with van der Waals surface area (Å²) in [4.78, 5) is 3.24. The monoisotopic (exact) mass is 254 g/mol. The summed E-state index contributed by atoms with van der Waals surface area (Å²) >= 11 is 0. The van der Waals surface area contributed by atoms with Crippen molar-refractivity contribution in [3.8, 4) is 0 Å². The van der Waals surface area contributed by atoms with Crippen molar-refractivity contribution < 1.29 is 0 Å². The summed E-state index contributed by atoms with van der Waals surface area (Å²) in [5.74, 6) is 1.06. The number of nitrogens with one attached hydrogen (secondary N) is 2. The summed E-state index contributed by atoms with van der Waals surface area (Å²) < 4.78 is 2.00. The van der Waals surface area contributed by atoms with E-state index in [1.807, 2.05) is 23.1 Å². The number of benzene rings is 1. The van der Waals surface area contributed by atoms with Crippen molar-refractivity contribution in [3.05, 3.63) is 48.3 Å². The molecule has 1 aromatic carbocycles. The molecule has 0 aliphatic heterocycles. The highest BCUT2D eigenvalue weighted by molar-refractivity contribution is 5.83. The lowest BCUT2D eigenvalue weighted by Gasteiger charge is -2.13. The fraction of sp³-hybridized carbons (Fsp3) is 0.267. The second-order valence-electron chi connectivity index (χ2n) is 4.96. The molecule has 19 heavy (non-hydrogen) atoms. The zero-order valence-corrected chi connectivity index (χ0v) is 11.2. The van der Waals surface area contributed by atoms with E-state index in [1.165, 1.54) is 16.5 Å². The van der Waals surface area contributed by atoms with Crippen LogP contribution in [0.5, 0.6) is 0 Å². The highest BCUT2D eigenvalue weighted by atomic mass is 15.3. The average Bonchev–Trinajstić information content (AvgIpc) is 3.04. The van der Waals surface area contributed by atoms with Gasteiger partial charge in [0.15, 0.2) is 0 Å². The molecule has 98 valence electrons. The lowest BCUT2D eigenvalue weighted by molar-refractivity contribution is 0.537. The summed E-state index contributed by atoms with van der Waals surface area (Å²) in [6.45, 7) is 5.06. The summed E-state index contributed by atoms with van der Waals surface area (Å²) in [7, 11) is 0. The SMILES string of the molecule is CC(C)n1nccc1NCc1cccc2[nH]ccc12. The minimum atomic E-state index is 0.362. The van der Waals surface area contributed by atoms with E-state index in [9.17, 15) is 0 Å². The van der Waals surface area contributed by atoms with E-state index in [0.717, 1.165) is 12.4 Å². The van der Waals surface area contributed by atoms with Crippen LogP contribution < -0.4 is 5.32 Å². The van der Waals surface area contributed by atoms with E-state index < -0.39 is 0 Å². The van der Waals surface area contributed by atoms with Crippen molar-refractivity contribution in [1.82, 2.24) is 14.8 Å². The molecule has 3 aromatic rings. The predicted molar refractivity (Wildman–Crippen MR) is 78.2 cm³/mol. The van der Waals surface area contributed by atoms with Gasteiger partial charge in [0.2, 0.25) is 0 Å². The molecule has 0 aliphatic carbocycles. The molecule has 2 N–H and O–H groups in total. The van der Waals surface area contributed by atoms with Crippen LogP contribution in [0.1, 0.15) is 25.5 Å². The third-order valence-corrected chi connectivity index (χ3v) is 3.30. The smallest absolute Gasteiger partial charge is 0.124 e. The number of rotatable bonds is 4. The van der Waals surface area contributed by atoms with Crippen molar-refractivity contribution >= 4 is 16.7 Å². The zero-order chi connectivity index (χ0) is 13.2. The predicted octanol–water partition coefficient (Wildman–Crippen LogP) is 3.56. The first-order valence-corrected chi connectivity index (χ1v) is 6.58. The van der Waals surface area contributed by atoms with Crippen LogP contribution in [0, 0.1) is 0 Å². The Labute approximate surface area is 112 Å². The third-order valence-electron chi connectivity index (χ3n) is 3.30. The fourth-order valence-corrected chi connectivity index (χ4v) is 2.36. The number of H-pyrrole nitrogens is 1. The number of hydrogen-bond donors (Lipinski definition) is 2. The first-order valence-electron chi connectivity index (χ1n) is 6.58. The highest BCUT2D eigenvalue weighted by Gasteiger charge is 2.06. The van der Waals surface area contributed by atoms with Gasteiger partial charge in [-0.2, -0.15) is 5.10 Å². The van der Waals surface area contributed by atoms with Crippen molar-refractivity contribution in [1.29, 1.82) is 0 Å². The first-order chi connectivity index (χ1) is 9.25. The second-order valence-corrected chi connectivity index (χ2v) is 4.96. The van der Waals surface area contributed by atoms with Crippen LogP contribution >= 0.6 is 0 Å². The molecule has 0 saturated heterocycles. The van der Waals surface area contributed by atoms with Gasteiger partial charge in [-0.3, -0.25) is 0 Å². The van der Waals surface area contributed by atoms with Crippen LogP contribution in [-0.4, -0.2) is 14.8 Å². The maximum atomic E-state index is 4.33. The lowest BCUT2D eigenvalue weighted by atomic mass is 10.1. The summed E-state index contributed by atoms with van der Waals surface area (Å²) in [6, 6.07) is 10.8. The largest absolute Gasteiger partial charge is 0.366 e. The fourth-order valence-electron chi connectivity index (χ4n) is 2.36. The van der Waals surface area contributed by atoms with Gasteiger partial charge in [0.05, 0.1) is 6.20 Å². The Kier molecular flexibility index (Phi) is 2.99. The van der Waals surface area contributed by atoms with E-state index in [0.29, 0.717) is 6.04 Å². The molecule has 2 aromatic heterocycles. The van der Waals surface area contributed by atoms with Gasteiger partial charge < -0.3 is 10.3 Å². The van der Waals surface area contributed by atoms with Crippen LogP contribution in [0.15, 0.2) is 42.7 Å². The molecule has 0 spiro atoms.